The van der Waals surface area contributed by atoms with E-state index in [1.807, 2.05) is 24.3 Å². The Morgan fingerprint density at radius 2 is 2.00 bits per heavy atom. The molecule has 0 spiro atoms. The van der Waals surface area contributed by atoms with E-state index in [1.165, 1.54) is 6.07 Å². The Kier molecular flexibility index (Phi) is 5.89. The molecule has 0 radical (unpaired) electrons. The van der Waals surface area contributed by atoms with Crippen molar-refractivity contribution in [2.45, 2.75) is 13.2 Å². The summed E-state index contributed by atoms with van der Waals surface area (Å²) in [6, 6.07) is 16.0. The molecule has 30 heavy (non-hydrogen) atoms. The average Bonchev–Trinajstić information content (AvgIpc) is 3.17. The van der Waals surface area contributed by atoms with Crippen LogP contribution in [0.25, 0.3) is 11.0 Å². The van der Waals surface area contributed by atoms with Crippen LogP contribution in [0.15, 0.2) is 74.5 Å². The van der Waals surface area contributed by atoms with Crippen molar-refractivity contribution in [1.29, 1.82) is 0 Å². The summed E-state index contributed by atoms with van der Waals surface area (Å²) in [5.41, 5.74) is 1.41. The standard InChI is InChI=1S/C21H16BrN3O5/c22-15-5-3-4-14(8-15)10-25-11-16(23-24-25)12-29-21(27)13-28-19-9-20(26)30-18-7-2-1-6-17(18)19/h1-9,11H,10,12-13H2. The summed E-state index contributed by atoms with van der Waals surface area (Å²) in [5, 5.41) is 8.64. The molecule has 0 amide bonds. The third kappa shape index (κ3) is 4.93. The fourth-order valence-corrected chi connectivity index (χ4v) is 3.28. The van der Waals surface area contributed by atoms with Crippen LogP contribution in [-0.2, 0) is 22.7 Å². The van der Waals surface area contributed by atoms with E-state index in [1.54, 1.807) is 35.1 Å². The predicted octanol–water partition coefficient (Wildman–Crippen LogP) is 3.32. The molecule has 4 rings (SSSR count). The summed E-state index contributed by atoms with van der Waals surface area (Å²) in [6.07, 6.45) is 1.71. The SMILES string of the molecule is O=C(COc1cc(=O)oc2ccccc12)OCc1cn(Cc2cccc(Br)c2)nn1. The van der Waals surface area contributed by atoms with Gasteiger partial charge in [0.15, 0.2) is 6.61 Å². The zero-order valence-electron chi connectivity index (χ0n) is 15.7. The molecule has 0 saturated heterocycles. The van der Waals surface area contributed by atoms with E-state index in [2.05, 4.69) is 26.2 Å². The molecule has 0 aliphatic heterocycles. The van der Waals surface area contributed by atoms with Gasteiger partial charge in [0.2, 0.25) is 0 Å². The Labute approximate surface area is 179 Å². The van der Waals surface area contributed by atoms with Crippen LogP contribution in [0, 0.1) is 0 Å². The molecule has 0 aliphatic rings. The lowest BCUT2D eigenvalue weighted by molar-refractivity contribution is -0.147. The van der Waals surface area contributed by atoms with Crippen molar-refractivity contribution in [3.63, 3.8) is 0 Å². The molecule has 0 aliphatic carbocycles. The van der Waals surface area contributed by atoms with Crippen molar-refractivity contribution in [1.82, 2.24) is 15.0 Å². The largest absolute Gasteiger partial charge is 0.481 e. The summed E-state index contributed by atoms with van der Waals surface area (Å²) in [6.45, 7) is 0.172. The quantitative estimate of drug-likeness (QED) is 0.302. The number of rotatable bonds is 7. The van der Waals surface area contributed by atoms with Crippen LogP contribution in [0.2, 0.25) is 0 Å². The van der Waals surface area contributed by atoms with Gasteiger partial charge < -0.3 is 13.9 Å². The number of aromatic nitrogens is 3. The van der Waals surface area contributed by atoms with Crippen molar-refractivity contribution in [3.05, 3.63) is 86.9 Å². The van der Waals surface area contributed by atoms with E-state index in [-0.39, 0.29) is 19.0 Å². The highest BCUT2D eigenvalue weighted by Crippen LogP contribution is 2.23. The van der Waals surface area contributed by atoms with Gasteiger partial charge in [-0.1, -0.05) is 45.4 Å². The number of hydrogen-bond donors (Lipinski definition) is 0. The van der Waals surface area contributed by atoms with E-state index in [9.17, 15) is 9.59 Å². The highest BCUT2D eigenvalue weighted by molar-refractivity contribution is 9.10. The van der Waals surface area contributed by atoms with Gasteiger partial charge in [-0.15, -0.1) is 5.10 Å². The molecule has 2 aromatic heterocycles. The first-order chi connectivity index (χ1) is 14.6. The molecular weight excluding hydrogens is 454 g/mol. The normalized spacial score (nSPS) is 10.8. The topological polar surface area (TPSA) is 96.5 Å². The second-order valence-corrected chi connectivity index (χ2v) is 7.33. The van der Waals surface area contributed by atoms with Gasteiger partial charge in [-0.2, -0.15) is 0 Å². The van der Waals surface area contributed by atoms with Crippen LogP contribution in [0.4, 0.5) is 0 Å². The number of fused-ring (bicyclic) bond motifs is 1. The minimum Gasteiger partial charge on any atom is -0.481 e. The number of benzene rings is 2. The van der Waals surface area contributed by atoms with Crippen LogP contribution in [0.5, 0.6) is 5.75 Å². The molecule has 8 nitrogen and oxygen atoms in total. The number of ether oxygens (including phenoxy) is 2. The lowest BCUT2D eigenvalue weighted by Crippen LogP contribution is -2.15. The molecule has 9 heteroatoms. The molecule has 0 atom stereocenters. The van der Waals surface area contributed by atoms with E-state index >= 15 is 0 Å². The Bertz CT molecular complexity index is 1250. The van der Waals surface area contributed by atoms with Crippen molar-refractivity contribution in [3.8, 4) is 5.75 Å². The smallest absolute Gasteiger partial charge is 0.344 e. The van der Waals surface area contributed by atoms with Crippen molar-refractivity contribution >= 4 is 32.9 Å². The molecule has 0 N–H and O–H groups in total. The second-order valence-electron chi connectivity index (χ2n) is 6.41. The fraction of sp³-hybridized carbons (Fsp3) is 0.143. The van der Waals surface area contributed by atoms with E-state index in [4.69, 9.17) is 13.9 Å². The predicted molar refractivity (Wildman–Crippen MR) is 111 cm³/mol. The van der Waals surface area contributed by atoms with Gasteiger partial charge in [0.05, 0.1) is 24.2 Å². The molecule has 2 aromatic carbocycles. The van der Waals surface area contributed by atoms with Gasteiger partial charge in [0.25, 0.3) is 0 Å². The number of carbonyl (C=O) groups is 1. The summed E-state index contributed by atoms with van der Waals surface area (Å²) in [5.74, 6) is -0.326. The van der Waals surface area contributed by atoms with Crippen LogP contribution in [0.1, 0.15) is 11.3 Å². The van der Waals surface area contributed by atoms with Crippen molar-refractivity contribution in [2.24, 2.45) is 0 Å². The van der Waals surface area contributed by atoms with Gasteiger partial charge in [-0.05, 0) is 29.8 Å². The van der Waals surface area contributed by atoms with Gasteiger partial charge in [-0.25, -0.2) is 14.3 Å². The maximum atomic E-state index is 12.0. The molecule has 0 fully saturated rings. The molecular formula is C21H16BrN3O5. The summed E-state index contributed by atoms with van der Waals surface area (Å²) < 4.78 is 18.4. The number of hydrogen-bond acceptors (Lipinski definition) is 7. The van der Waals surface area contributed by atoms with Gasteiger partial charge in [-0.3, -0.25) is 0 Å². The second kappa shape index (κ2) is 8.91. The zero-order valence-corrected chi connectivity index (χ0v) is 17.2. The van der Waals surface area contributed by atoms with Crippen molar-refractivity contribution in [2.75, 3.05) is 6.61 Å². The van der Waals surface area contributed by atoms with Crippen molar-refractivity contribution < 1.29 is 18.7 Å². The summed E-state index contributed by atoms with van der Waals surface area (Å²) in [4.78, 5) is 23.7. The average molecular weight is 470 g/mol. The number of para-hydroxylation sites is 1. The van der Waals surface area contributed by atoms with Crippen LogP contribution in [0.3, 0.4) is 0 Å². The maximum absolute atomic E-state index is 12.0. The minimum atomic E-state index is -0.589. The van der Waals surface area contributed by atoms with Crippen LogP contribution < -0.4 is 10.4 Å². The van der Waals surface area contributed by atoms with Crippen LogP contribution >= 0.6 is 15.9 Å². The monoisotopic (exact) mass is 469 g/mol. The molecule has 4 aromatic rings. The Morgan fingerprint density at radius 3 is 2.87 bits per heavy atom. The number of nitrogens with zero attached hydrogens (tertiary/aromatic N) is 3. The van der Waals surface area contributed by atoms with Gasteiger partial charge in [0.1, 0.15) is 23.6 Å². The molecule has 152 valence electrons. The number of esters is 1. The molecule has 0 saturated carbocycles. The first-order valence-corrected chi connectivity index (χ1v) is 9.81. The zero-order chi connectivity index (χ0) is 20.9. The van der Waals surface area contributed by atoms with Gasteiger partial charge >= 0.3 is 11.6 Å². The highest BCUT2D eigenvalue weighted by Gasteiger charge is 2.11. The van der Waals surface area contributed by atoms with E-state index < -0.39 is 11.6 Å². The van der Waals surface area contributed by atoms with E-state index in [0.717, 1.165) is 10.0 Å². The molecule has 2 heterocycles. The first kappa shape index (κ1) is 19.8. The Morgan fingerprint density at radius 1 is 1.13 bits per heavy atom. The molecule has 0 bridgehead atoms. The Balaban J connectivity index is 1.32. The highest BCUT2D eigenvalue weighted by atomic mass is 79.9. The fourth-order valence-electron chi connectivity index (χ4n) is 2.84. The maximum Gasteiger partial charge on any atom is 0.344 e. The number of carbonyl (C=O) groups excluding carboxylic acids is 1. The third-order valence-electron chi connectivity index (χ3n) is 4.16. The number of halogens is 1. The molecule has 0 unspecified atom stereocenters. The third-order valence-corrected chi connectivity index (χ3v) is 4.65. The lowest BCUT2D eigenvalue weighted by atomic mass is 10.2. The van der Waals surface area contributed by atoms with E-state index in [0.29, 0.717) is 23.2 Å². The lowest BCUT2D eigenvalue weighted by Gasteiger charge is -2.08. The minimum absolute atomic E-state index is 0.0294. The van der Waals surface area contributed by atoms with Gasteiger partial charge in [0, 0.05) is 4.47 Å². The van der Waals surface area contributed by atoms with Crippen LogP contribution in [-0.4, -0.2) is 27.6 Å². The summed E-state index contributed by atoms with van der Waals surface area (Å²) in [7, 11) is 0. The first-order valence-electron chi connectivity index (χ1n) is 9.01. The summed E-state index contributed by atoms with van der Waals surface area (Å²) >= 11 is 3.43. The Hall–Kier alpha value is -3.46.